The molecule has 1 heterocycles. The van der Waals surface area contributed by atoms with Crippen molar-refractivity contribution in [3.63, 3.8) is 0 Å². The Balaban J connectivity index is 2.40. The molecule has 1 aromatic carbocycles. The number of nitrogens with two attached hydrogens (primary N) is 1. The first-order valence-corrected chi connectivity index (χ1v) is 7.29. The average molecular weight is 262 g/mol. The second kappa shape index (κ2) is 6.40. The molecule has 0 amide bonds. The van der Waals surface area contributed by atoms with Crippen molar-refractivity contribution in [1.29, 1.82) is 0 Å². The lowest BCUT2D eigenvalue weighted by Gasteiger charge is -2.37. The van der Waals surface area contributed by atoms with E-state index in [1.165, 1.54) is 18.4 Å². The molecule has 0 aliphatic carbocycles. The van der Waals surface area contributed by atoms with Gasteiger partial charge in [-0.3, -0.25) is 4.90 Å². The molecule has 1 saturated heterocycles. The monoisotopic (exact) mass is 262 g/mol. The van der Waals surface area contributed by atoms with Crippen molar-refractivity contribution in [3.8, 4) is 5.75 Å². The van der Waals surface area contributed by atoms with E-state index in [1.54, 1.807) is 7.11 Å². The van der Waals surface area contributed by atoms with Crippen LogP contribution in [0.3, 0.4) is 0 Å². The highest BCUT2D eigenvalue weighted by atomic mass is 16.5. The second-order valence-electron chi connectivity index (χ2n) is 5.68. The summed E-state index contributed by atoms with van der Waals surface area (Å²) < 4.78 is 5.53. The molecule has 3 nitrogen and oxygen atoms in total. The van der Waals surface area contributed by atoms with Gasteiger partial charge in [-0.1, -0.05) is 24.6 Å². The number of para-hydroxylation sites is 1. The number of methoxy groups -OCH3 is 1. The van der Waals surface area contributed by atoms with Crippen LogP contribution in [0.5, 0.6) is 5.75 Å². The molecule has 0 aromatic heterocycles. The minimum atomic E-state index is 0.182. The average Bonchev–Trinajstić information content (AvgIpc) is 2.60. The van der Waals surface area contributed by atoms with E-state index in [-0.39, 0.29) is 12.1 Å². The van der Waals surface area contributed by atoms with Gasteiger partial charge in [-0.2, -0.15) is 0 Å². The van der Waals surface area contributed by atoms with E-state index < -0.39 is 0 Å². The molecule has 2 N–H and O–H groups in total. The SMILES string of the molecule is COc1ccccc1C1C(N)CCCCN1C(C)C. The quantitative estimate of drug-likeness (QED) is 0.910. The van der Waals surface area contributed by atoms with Gasteiger partial charge in [0.25, 0.3) is 0 Å². The molecule has 2 rings (SSSR count). The minimum absolute atomic E-state index is 0.182. The van der Waals surface area contributed by atoms with Gasteiger partial charge in [0.1, 0.15) is 5.75 Å². The van der Waals surface area contributed by atoms with E-state index >= 15 is 0 Å². The molecule has 0 bridgehead atoms. The number of hydrogen-bond donors (Lipinski definition) is 1. The Morgan fingerprint density at radius 3 is 2.68 bits per heavy atom. The molecular formula is C16H26N2O. The lowest BCUT2D eigenvalue weighted by atomic mass is 9.94. The molecule has 0 radical (unpaired) electrons. The first-order chi connectivity index (χ1) is 9.15. The molecule has 106 valence electrons. The molecule has 3 heteroatoms. The summed E-state index contributed by atoms with van der Waals surface area (Å²) in [4.78, 5) is 2.52. The van der Waals surface area contributed by atoms with Gasteiger partial charge in [0, 0.05) is 17.6 Å². The van der Waals surface area contributed by atoms with Crippen molar-refractivity contribution in [2.75, 3.05) is 13.7 Å². The highest BCUT2D eigenvalue weighted by Gasteiger charge is 2.31. The van der Waals surface area contributed by atoms with Crippen LogP contribution in [0.15, 0.2) is 24.3 Å². The molecule has 0 spiro atoms. The van der Waals surface area contributed by atoms with Gasteiger partial charge in [-0.15, -0.1) is 0 Å². The van der Waals surface area contributed by atoms with Gasteiger partial charge < -0.3 is 10.5 Å². The van der Waals surface area contributed by atoms with Crippen molar-refractivity contribution in [3.05, 3.63) is 29.8 Å². The van der Waals surface area contributed by atoms with E-state index in [1.807, 2.05) is 12.1 Å². The highest BCUT2D eigenvalue weighted by molar-refractivity contribution is 5.37. The summed E-state index contributed by atoms with van der Waals surface area (Å²) >= 11 is 0. The van der Waals surface area contributed by atoms with Crippen LogP contribution in [0.2, 0.25) is 0 Å². The number of likely N-dealkylation sites (tertiary alicyclic amines) is 1. The standard InChI is InChI=1S/C16H26N2O/c1-12(2)18-11-7-6-9-14(17)16(18)13-8-4-5-10-15(13)19-3/h4-5,8,10,12,14,16H,6-7,9,11,17H2,1-3H3. The lowest BCUT2D eigenvalue weighted by molar-refractivity contribution is 0.141. The van der Waals surface area contributed by atoms with Crippen LogP contribution in [0.1, 0.15) is 44.7 Å². The van der Waals surface area contributed by atoms with Crippen molar-refractivity contribution in [2.24, 2.45) is 5.73 Å². The van der Waals surface area contributed by atoms with Crippen molar-refractivity contribution in [2.45, 2.75) is 51.2 Å². The zero-order valence-corrected chi connectivity index (χ0v) is 12.3. The predicted molar refractivity (Wildman–Crippen MR) is 79.4 cm³/mol. The Kier molecular flexibility index (Phi) is 4.83. The molecule has 1 fully saturated rings. The number of hydrogen-bond acceptors (Lipinski definition) is 3. The molecule has 1 aliphatic heterocycles. The van der Waals surface area contributed by atoms with E-state index in [4.69, 9.17) is 10.5 Å². The van der Waals surface area contributed by atoms with Gasteiger partial charge in [0.15, 0.2) is 0 Å². The van der Waals surface area contributed by atoms with Crippen LogP contribution in [-0.4, -0.2) is 30.6 Å². The number of rotatable bonds is 3. The van der Waals surface area contributed by atoms with E-state index in [9.17, 15) is 0 Å². The Morgan fingerprint density at radius 2 is 2.00 bits per heavy atom. The molecular weight excluding hydrogens is 236 g/mol. The molecule has 1 aliphatic rings. The van der Waals surface area contributed by atoms with E-state index in [0.29, 0.717) is 6.04 Å². The topological polar surface area (TPSA) is 38.5 Å². The Hall–Kier alpha value is -1.06. The predicted octanol–water partition coefficient (Wildman–Crippen LogP) is 2.96. The van der Waals surface area contributed by atoms with Crippen LogP contribution in [0.4, 0.5) is 0 Å². The summed E-state index contributed by atoms with van der Waals surface area (Å²) in [6.45, 7) is 5.62. The van der Waals surface area contributed by atoms with Crippen molar-refractivity contribution >= 4 is 0 Å². The maximum atomic E-state index is 6.47. The summed E-state index contributed by atoms with van der Waals surface area (Å²) in [5.74, 6) is 0.954. The molecule has 2 unspecified atom stereocenters. The number of ether oxygens (including phenoxy) is 1. The normalized spacial score (nSPS) is 25.3. The van der Waals surface area contributed by atoms with E-state index in [2.05, 4.69) is 30.9 Å². The summed E-state index contributed by atoms with van der Waals surface area (Å²) in [5, 5.41) is 0. The minimum Gasteiger partial charge on any atom is -0.496 e. The second-order valence-corrected chi connectivity index (χ2v) is 5.68. The third kappa shape index (κ3) is 3.10. The summed E-state index contributed by atoms with van der Waals surface area (Å²) in [6, 6.07) is 9.23. The van der Waals surface area contributed by atoms with E-state index in [0.717, 1.165) is 18.7 Å². The summed E-state index contributed by atoms with van der Waals surface area (Å²) in [7, 11) is 1.74. The molecule has 1 aromatic rings. The largest absolute Gasteiger partial charge is 0.496 e. The fourth-order valence-electron chi connectivity index (χ4n) is 3.12. The van der Waals surface area contributed by atoms with Crippen LogP contribution in [-0.2, 0) is 0 Å². The zero-order valence-electron chi connectivity index (χ0n) is 12.3. The molecule has 19 heavy (non-hydrogen) atoms. The smallest absolute Gasteiger partial charge is 0.123 e. The Labute approximate surface area is 116 Å². The van der Waals surface area contributed by atoms with Gasteiger partial charge in [-0.05, 0) is 39.3 Å². The molecule has 2 atom stereocenters. The maximum absolute atomic E-state index is 6.47. The molecule has 0 saturated carbocycles. The van der Waals surface area contributed by atoms with Crippen molar-refractivity contribution < 1.29 is 4.74 Å². The third-order valence-electron chi connectivity index (χ3n) is 4.09. The maximum Gasteiger partial charge on any atom is 0.123 e. The van der Waals surface area contributed by atoms with Crippen LogP contribution < -0.4 is 10.5 Å². The van der Waals surface area contributed by atoms with Gasteiger partial charge in [-0.25, -0.2) is 0 Å². The lowest BCUT2D eigenvalue weighted by Crippen LogP contribution is -2.43. The third-order valence-corrected chi connectivity index (χ3v) is 4.09. The Bertz CT molecular complexity index is 405. The van der Waals surface area contributed by atoms with Crippen molar-refractivity contribution in [1.82, 2.24) is 4.90 Å². The summed E-state index contributed by atoms with van der Waals surface area (Å²) in [6.07, 6.45) is 3.54. The van der Waals surface area contributed by atoms with Gasteiger partial charge in [0.05, 0.1) is 13.2 Å². The summed E-state index contributed by atoms with van der Waals surface area (Å²) in [5.41, 5.74) is 7.70. The fourth-order valence-corrected chi connectivity index (χ4v) is 3.12. The number of nitrogens with zero attached hydrogens (tertiary/aromatic N) is 1. The number of benzene rings is 1. The van der Waals surface area contributed by atoms with Crippen LogP contribution in [0, 0.1) is 0 Å². The first kappa shape index (κ1) is 14.4. The van der Waals surface area contributed by atoms with Gasteiger partial charge >= 0.3 is 0 Å². The highest BCUT2D eigenvalue weighted by Crippen LogP contribution is 2.35. The first-order valence-electron chi connectivity index (χ1n) is 7.29. The zero-order chi connectivity index (χ0) is 13.8. The van der Waals surface area contributed by atoms with Gasteiger partial charge in [0.2, 0.25) is 0 Å². The van der Waals surface area contributed by atoms with Crippen LogP contribution in [0.25, 0.3) is 0 Å². The Morgan fingerprint density at radius 1 is 1.26 bits per heavy atom. The fraction of sp³-hybridized carbons (Fsp3) is 0.625. The van der Waals surface area contributed by atoms with Crippen LogP contribution >= 0.6 is 0 Å².